The SMILES string of the molecule is CNC1=CC(O)N(c2ccnc3c2C=C([C@H](C)C2CC=C(c4c(C)cc(C(=O)C[C@@H]5CCc6cnc(CN7CCC(C/C=C\C(NC8CC[N+](=O)NC8=O)=C(/C)OC)CC7)cc6C5)cc4F)CC2)C3C)C=C1F. The average Bonchev–Trinajstić information content (AvgIpc) is 3.73. The van der Waals surface area contributed by atoms with Crippen molar-refractivity contribution in [1.29, 1.82) is 0 Å². The number of amides is 1. The summed E-state index contributed by atoms with van der Waals surface area (Å²) < 4.78 is 36.5. The van der Waals surface area contributed by atoms with Gasteiger partial charge in [0.15, 0.2) is 17.8 Å². The zero-order valence-corrected chi connectivity index (χ0v) is 43.1. The van der Waals surface area contributed by atoms with Crippen molar-refractivity contribution >= 4 is 29.0 Å². The van der Waals surface area contributed by atoms with Gasteiger partial charge in [0, 0.05) is 67.6 Å². The Balaban J connectivity index is 0.761. The molecule has 1 amide bonds. The number of fused-ring (bicyclic) bond motifs is 2. The number of hydrogen-bond acceptors (Lipinski definition) is 11. The highest BCUT2D eigenvalue weighted by atomic mass is 19.1. The molecule has 2 saturated heterocycles. The highest BCUT2D eigenvalue weighted by Gasteiger charge is 2.36. The number of allylic oxidation sites excluding steroid dienone is 7. The average molecular weight is 998 g/mol. The van der Waals surface area contributed by atoms with Gasteiger partial charge in [0.05, 0.1) is 40.5 Å². The number of ketones is 1. The molecule has 386 valence electrons. The van der Waals surface area contributed by atoms with Crippen LogP contribution >= 0.6 is 0 Å². The summed E-state index contributed by atoms with van der Waals surface area (Å²) in [7, 11) is 3.23. The Morgan fingerprint density at radius 2 is 1.89 bits per heavy atom. The van der Waals surface area contributed by atoms with Crippen LogP contribution in [0.1, 0.15) is 134 Å². The number of rotatable bonds is 16. The summed E-state index contributed by atoms with van der Waals surface area (Å²) in [6.07, 6.45) is 22.9. The number of nitrogens with zero attached hydrogens (tertiary/aromatic N) is 5. The number of benzene rings is 1. The number of ether oxygens (including phenoxy) is 1. The standard InChI is InChI=1S/C58H70F2N8O5/c1-34-24-44(28-48(59)56(34)41-14-12-40(13-15-41)35(2)46-29-47-53(16-20-62-57(47)36(46)3)67-33-49(60)52(61-5)30-55(67)70)54(69)26-39-10-11-42-31-63-45(27-43(42)25-39)32-66-21-17-38(18-22-66)8-7-9-50(37(4)73-6)64-51-19-23-68(72)65-58(51)71/h7,9,14,16,20,24,27-31,33,35-36,38-40,51,55,61,64,70H,8,10-13,15,17-19,21-23,25-26,32H2,1-6H3/p+1/b9-7-,50-37-/t35-,36?,39-,40?,51?,55?/m1/s1. The predicted octanol–water partition coefficient (Wildman–Crippen LogP) is 9.58. The molecule has 4 unspecified atom stereocenters. The Bertz CT molecular complexity index is 2800. The molecule has 0 saturated carbocycles. The molecule has 2 aromatic heterocycles. The molecule has 0 radical (unpaired) electrons. The van der Waals surface area contributed by atoms with E-state index in [4.69, 9.17) is 14.7 Å². The number of carbonyl (C=O) groups is 2. The number of pyridine rings is 2. The molecular weight excluding hydrogens is 927 g/mol. The largest absolute Gasteiger partial charge is 0.499 e. The van der Waals surface area contributed by atoms with Crippen LogP contribution in [0.2, 0.25) is 0 Å². The lowest BCUT2D eigenvalue weighted by atomic mass is 9.74. The molecule has 3 aliphatic carbocycles. The minimum absolute atomic E-state index is 0.0147. The van der Waals surface area contributed by atoms with Crippen molar-refractivity contribution in [3.05, 3.63) is 151 Å². The van der Waals surface area contributed by atoms with Crippen LogP contribution in [0.15, 0.2) is 95.7 Å². The highest BCUT2D eigenvalue weighted by Crippen LogP contribution is 2.48. The van der Waals surface area contributed by atoms with Crippen molar-refractivity contribution in [2.45, 2.75) is 123 Å². The van der Waals surface area contributed by atoms with E-state index in [1.165, 1.54) is 35.0 Å². The lowest BCUT2D eigenvalue weighted by Gasteiger charge is -2.31. The number of halogens is 2. The van der Waals surface area contributed by atoms with Crippen molar-refractivity contribution in [3.8, 4) is 0 Å². The van der Waals surface area contributed by atoms with Crippen molar-refractivity contribution < 1.29 is 33.1 Å². The lowest BCUT2D eigenvalue weighted by molar-refractivity contribution is -0.600. The van der Waals surface area contributed by atoms with Crippen LogP contribution < -0.4 is 21.0 Å². The summed E-state index contributed by atoms with van der Waals surface area (Å²) in [5.74, 6) is 0.864. The molecule has 3 aromatic rings. The molecule has 9 rings (SSSR count). The number of likely N-dealkylation sites (N-methyl/N-ethyl adjacent to an activating group) is 1. The third kappa shape index (κ3) is 11.4. The molecule has 6 atom stereocenters. The molecule has 1 aromatic carbocycles. The Morgan fingerprint density at radius 1 is 1.08 bits per heavy atom. The number of nitroso groups, excluding NO2 is 1. The number of hydrogen-bond donors (Lipinski definition) is 4. The van der Waals surface area contributed by atoms with Gasteiger partial charge in [-0.25, -0.2) is 8.78 Å². The number of aryl methyl sites for hydroxylation is 2. The molecule has 3 aliphatic heterocycles. The van der Waals surface area contributed by atoms with Crippen LogP contribution in [0.3, 0.4) is 0 Å². The number of aliphatic hydroxyl groups excluding tert-OH is 1. The summed E-state index contributed by atoms with van der Waals surface area (Å²) in [6.45, 7) is 11.1. The van der Waals surface area contributed by atoms with Gasteiger partial charge < -0.3 is 25.4 Å². The maximum Gasteiger partial charge on any atom is 0.301 e. The number of anilines is 1. The molecule has 2 fully saturated rings. The topological polar surface area (TPSA) is 152 Å². The van der Waals surface area contributed by atoms with Gasteiger partial charge in [-0.05, 0) is 167 Å². The molecule has 15 heteroatoms. The van der Waals surface area contributed by atoms with Crippen LogP contribution in [0.4, 0.5) is 14.5 Å². The lowest BCUT2D eigenvalue weighted by Crippen LogP contribution is -2.52. The Hall–Kier alpha value is -6.32. The fourth-order valence-corrected chi connectivity index (χ4v) is 12.0. The first-order valence-electron chi connectivity index (χ1n) is 26.3. The molecule has 73 heavy (non-hydrogen) atoms. The minimum Gasteiger partial charge on any atom is -0.499 e. The van der Waals surface area contributed by atoms with E-state index >= 15 is 4.39 Å². The van der Waals surface area contributed by atoms with Crippen LogP contribution in [0.5, 0.6) is 0 Å². The Kier molecular flexibility index (Phi) is 15.8. The number of Topliss-reactive ketones (excluding diaryl/α,β-unsaturated/α-hetero) is 1. The normalized spacial score (nSPS) is 24.4. The van der Waals surface area contributed by atoms with E-state index in [-0.39, 0.29) is 47.5 Å². The van der Waals surface area contributed by atoms with Gasteiger partial charge in [-0.2, -0.15) is 0 Å². The van der Waals surface area contributed by atoms with E-state index in [1.54, 1.807) is 25.3 Å². The quantitative estimate of drug-likeness (QED) is 0.0470. The van der Waals surface area contributed by atoms with Crippen molar-refractivity contribution in [2.75, 3.05) is 38.7 Å². The first kappa shape index (κ1) is 51.6. The van der Waals surface area contributed by atoms with Gasteiger partial charge in [0.25, 0.3) is 0 Å². The fraction of sp³-hybridized carbons (Fsp3) is 0.483. The molecule has 4 N–H and O–H groups in total. The highest BCUT2D eigenvalue weighted by molar-refractivity contribution is 5.97. The van der Waals surface area contributed by atoms with Gasteiger partial charge in [-0.1, -0.05) is 43.1 Å². The summed E-state index contributed by atoms with van der Waals surface area (Å²) in [4.78, 5) is 51.9. The van der Waals surface area contributed by atoms with Crippen LogP contribution in [0.25, 0.3) is 11.6 Å². The number of aliphatic hydroxyl groups is 1. The van der Waals surface area contributed by atoms with E-state index in [0.717, 1.165) is 111 Å². The smallest absolute Gasteiger partial charge is 0.301 e. The first-order chi connectivity index (χ1) is 35.2. The number of nitrogens with one attached hydrogen (secondary N) is 3. The van der Waals surface area contributed by atoms with Crippen LogP contribution in [-0.4, -0.2) is 82.6 Å². The van der Waals surface area contributed by atoms with E-state index in [2.05, 4.69) is 59.1 Å². The molecule has 0 bridgehead atoms. The molecule has 6 aliphatic rings. The number of piperidine rings is 1. The van der Waals surface area contributed by atoms with Crippen molar-refractivity contribution in [2.24, 2.45) is 23.7 Å². The molecule has 0 spiro atoms. The first-order valence-corrected chi connectivity index (χ1v) is 26.3. The van der Waals surface area contributed by atoms with Gasteiger partial charge in [0.1, 0.15) is 22.5 Å². The summed E-state index contributed by atoms with van der Waals surface area (Å²) >= 11 is 0. The van der Waals surface area contributed by atoms with Crippen molar-refractivity contribution in [3.63, 3.8) is 0 Å². The monoisotopic (exact) mass is 998 g/mol. The maximum atomic E-state index is 16.2. The third-order valence-corrected chi connectivity index (χ3v) is 16.5. The minimum atomic E-state index is -1.03. The summed E-state index contributed by atoms with van der Waals surface area (Å²) in [5, 5.41) is 17.0. The number of hydrazine groups is 1. The van der Waals surface area contributed by atoms with Crippen molar-refractivity contribution in [1.82, 2.24) is 30.9 Å². The zero-order chi connectivity index (χ0) is 51.5. The second kappa shape index (κ2) is 22.4. The van der Waals surface area contributed by atoms with Gasteiger partial charge in [0.2, 0.25) is 6.54 Å². The molecular formula is C58H71F2N8O5+. The molecule has 13 nitrogen and oxygen atoms in total. The zero-order valence-electron chi connectivity index (χ0n) is 43.1. The van der Waals surface area contributed by atoms with E-state index in [0.29, 0.717) is 52.1 Å². The van der Waals surface area contributed by atoms with E-state index in [9.17, 15) is 24.0 Å². The van der Waals surface area contributed by atoms with E-state index < -0.39 is 18.1 Å². The number of likely N-dealkylation sites (tertiary alicyclic amines) is 1. The second-order valence-electron chi connectivity index (χ2n) is 21.1. The predicted molar refractivity (Wildman–Crippen MR) is 279 cm³/mol. The Morgan fingerprint density at radius 3 is 2.62 bits per heavy atom. The molecule has 5 heterocycles. The van der Waals surface area contributed by atoms with Gasteiger partial charge >= 0.3 is 5.91 Å². The maximum absolute atomic E-state index is 16.2. The third-order valence-electron chi connectivity index (χ3n) is 16.5. The van der Waals surface area contributed by atoms with Crippen LogP contribution in [-0.2, 0) is 28.9 Å². The number of aromatic nitrogens is 2. The van der Waals surface area contributed by atoms with Gasteiger partial charge in [-0.3, -0.25) is 24.5 Å². The summed E-state index contributed by atoms with van der Waals surface area (Å²) in [5.41, 5.74) is 13.5. The van der Waals surface area contributed by atoms with E-state index in [1.807, 2.05) is 38.3 Å². The summed E-state index contributed by atoms with van der Waals surface area (Å²) in [6, 6.07) is 6.90. The van der Waals surface area contributed by atoms with Gasteiger partial charge in [-0.15, -0.1) is 0 Å². The number of methoxy groups -OCH3 is 1. The van der Waals surface area contributed by atoms with Crippen LogP contribution in [0, 0.1) is 41.3 Å². The Labute approximate surface area is 428 Å². The second-order valence-corrected chi connectivity index (χ2v) is 21.1. The number of carbonyl (C=O) groups excluding carboxylic acids is 2. The fourth-order valence-electron chi connectivity index (χ4n) is 12.0.